The van der Waals surface area contributed by atoms with Crippen molar-refractivity contribution in [3.8, 4) is 5.75 Å². The number of hydrogen-bond donors (Lipinski definition) is 3. The third-order valence-corrected chi connectivity index (χ3v) is 8.20. The summed E-state index contributed by atoms with van der Waals surface area (Å²) in [5.41, 5.74) is 8.27. The Hall–Kier alpha value is -3.43. The summed E-state index contributed by atoms with van der Waals surface area (Å²) in [6.07, 6.45) is 0.708. The molecule has 9 nitrogen and oxygen atoms in total. The average molecular weight is 521 g/mol. The van der Waals surface area contributed by atoms with Crippen LogP contribution < -0.4 is 15.8 Å². The highest BCUT2D eigenvalue weighted by molar-refractivity contribution is 6.00. The number of methoxy groups -OCH3 is 1. The number of rotatable bonds is 6. The number of aliphatic imine (C=N–C) groups is 1. The average Bonchev–Trinajstić information content (AvgIpc) is 3.19. The fraction of sp³-hybridized carbons (Fsp3) is 0.483. The zero-order valence-electron chi connectivity index (χ0n) is 22.4. The van der Waals surface area contributed by atoms with Gasteiger partial charge in [-0.2, -0.15) is 0 Å². The lowest BCUT2D eigenvalue weighted by Crippen LogP contribution is -2.57. The van der Waals surface area contributed by atoms with Crippen LogP contribution in [0, 0.1) is 5.41 Å². The third-order valence-electron chi connectivity index (χ3n) is 8.20. The number of fused-ring (bicyclic) bond motifs is 2. The van der Waals surface area contributed by atoms with Crippen molar-refractivity contribution in [2.75, 3.05) is 20.3 Å². The normalized spacial score (nSPS) is 30.2. The molecule has 0 saturated carbocycles. The number of amides is 2. The number of ether oxygens (including phenoxy) is 2. The van der Waals surface area contributed by atoms with Crippen molar-refractivity contribution < 1.29 is 24.2 Å². The molecule has 0 radical (unpaired) electrons. The van der Waals surface area contributed by atoms with E-state index in [9.17, 15) is 14.7 Å². The Kier molecular flexibility index (Phi) is 6.69. The Bertz CT molecular complexity index is 1300. The SMILES string of the molecule is CCC1(C)CC(=O)N(C2c3cc(C(=O)N[C@@H]4c5ccccc5C[C@H]4O)ccc3OCC2(C)COC)C(N)=N1. The molecular formula is C29H36N4O5. The summed E-state index contributed by atoms with van der Waals surface area (Å²) in [6, 6.07) is 11.9. The first-order valence-electron chi connectivity index (χ1n) is 13.1. The van der Waals surface area contributed by atoms with Crippen molar-refractivity contribution in [1.82, 2.24) is 10.2 Å². The van der Waals surface area contributed by atoms with Crippen molar-refractivity contribution in [2.45, 2.75) is 63.8 Å². The minimum Gasteiger partial charge on any atom is -0.492 e. The molecule has 2 heterocycles. The highest BCUT2D eigenvalue weighted by Crippen LogP contribution is 2.48. The van der Waals surface area contributed by atoms with Crippen LogP contribution in [0.25, 0.3) is 0 Å². The lowest BCUT2D eigenvalue weighted by atomic mass is 9.75. The smallest absolute Gasteiger partial charge is 0.251 e. The summed E-state index contributed by atoms with van der Waals surface area (Å²) in [4.78, 5) is 33.3. The van der Waals surface area contributed by atoms with Crippen LogP contribution in [-0.4, -0.2) is 59.7 Å². The highest BCUT2D eigenvalue weighted by Gasteiger charge is 2.50. The monoisotopic (exact) mass is 520 g/mol. The van der Waals surface area contributed by atoms with E-state index in [1.54, 1.807) is 30.2 Å². The van der Waals surface area contributed by atoms with Gasteiger partial charge in [0.15, 0.2) is 5.96 Å². The van der Waals surface area contributed by atoms with Crippen molar-refractivity contribution in [3.05, 3.63) is 64.7 Å². The van der Waals surface area contributed by atoms with Crippen molar-refractivity contribution in [3.63, 3.8) is 0 Å². The molecule has 4 N–H and O–H groups in total. The third kappa shape index (κ3) is 4.43. The minimum atomic E-state index is -0.704. The predicted octanol–water partition coefficient (Wildman–Crippen LogP) is 2.88. The predicted molar refractivity (Wildman–Crippen MR) is 143 cm³/mol. The van der Waals surface area contributed by atoms with Crippen LogP contribution in [0.4, 0.5) is 0 Å². The van der Waals surface area contributed by atoms with E-state index >= 15 is 0 Å². The van der Waals surface area contributed by atoms with Crippen molar-refractivity contribution in [2.24, 2.45) is 16.1 Å². The fourth-order valence-electron chi connectivity index (χ4n) is 5.99. The maximum atomic E-state index is 13.6. The van der Waals surface area contributed by atoms with Crippen LogP contribution in [0.5, 0.6) is 5.75 Å². The van der Waals surface area contributed by atoms with Crippen LogP contribution >= 0.6 is 0 Å². The number of nitrogens with two attached hydrogens (primary N) is 1. The molecule has 0 spiro atoms. The van der Waals surface area contributed by atoms with Gasteiger partial charge in [0.25, 0.3) is 5.91 Å². The summed E-state index contributed by atoms with van der Waals surface area (Å²) in [5.74, 6) is 0.293. The quantitative estimate of drug-likeness (QED) is 0.538. The fourth-order valence-corrected chi connectivity index (χ4v) is 5.99. The molecule has 1 aliphatic carbocycles. The summed E-state index contributed by atoms with van der Waals surface area (Å²) in [7, 11) is 1.61. The van der Waals surface area contributed by atoms with Crippen LogP contribution in [0.1, 0.15) is 72.7 Å². The number of guanidine groups is 1. The number of nitrogens with one attached hydrogen (secondary N) is 1. The molecular weight excluding hydrogens is 484 g/mol. The number of carbonyl (C=O) groups excluding carboxylic acids is 2. The van der Waals surface area contributed by atoms with Gasteiger partial charge < -0.3 is 25.6 Å². The second kappa shape index (κ2) is 9.71. The molecule has 0 aromatic heterocycles. The van der Waals surface area contributed by atoms with Gasteiger partial charge in [-0.15, -0.1) is 0 Å². The first-order valence-corrected chi connectivity index (χ1v) is 13.1. The molecule has 0 bridgehead atoms. The maximum absolute atomic E-state index is 13.6. The second-order valence-corrected chi connectivity index (χ2v) is 11.2. The van der Waals surface area contributed by atoms with Gasteiger partial charge in [0.2, 0.25) is 5.91 Å². The van der Waals surface area contributed by atoms with Gasteiger partial charge in [-0.3, -0.25) is 14.5 Å². The molecule has 2 aromatic rings. The molecule has 202 valence electrons. The molecule has 5 rings (SSSR count). The standard InChI is InChI=1S/C29H36N4O5/c1-5-29(3)14-23(35)33(27(30)32-29)25-20-12-18(10-11-22(20)38-16-28(25,2)15-37-4)26(36)31-24-19-9-7-6-8-17(19)13-21(24)34/h6-12,21,24-25,34H,5,13-16H2,1-4H3,(H2,30,32)(H,31,36)/t21-,24-,25?,28?,29?/m1/s1. The number of benzene rings is 2. The van der Waals surface area contributed by atoms with Crippen LogP contribution in [0.2, 0.25) is 0 Å². The molecule has 3 unspecified atom stereocenters. The van der Waals surface area contributed by atoms with Gasteiger partial charge in [-0.1, -0.05) is 38.1 Å². The molecule has 38 heavy (non-hydrogen) atoms. The molecule has 3 aliphatic rings. The number of hydrogen-bond acceptors (Lipinski definition) is 7. The first kappa shape index (κ1) is 26.2. The number of aliphatic hydroxyl groups is 1. The lowest BCUT2D eigenvalue weighted by Gasteiger charge is -2.48. The Labute approximate surface area is 223 Å². The van der Waals surface area contributed by atoms with E-state index in [2.05, 4.69) is 5.32 Å². The molecule has 0 fully saturated rings. The lowest BCUT2D eigenvalue weighted by molar-refractivity contribution is -0.136. The van der Waals surface area contributed by atoms with E-state index in [-0.39, 0.29) is 24.2 Å². The van der Waals surface area contributed by atoms with Gasteiger partial charge in [0.1, 0.15) is 5.75 Å². The maximum Gasteiger partial charge on any atom is 0.251 e. The summed E-state index contributed by atoms with van der Waals surface area (Å²) in [6.45, 7) is 6.51. The second-order valence-electron chi connectivity index (χ2n) is 11.2. The van der Waals surface area contributed by atoms with Crippen LogP contribution in [0.3, 0.4) is 0 Å². The molecule has 2 aliphatic heterocycles. The molecule has 2 aromatic carbocycles. The summed E-state index contributed by atoms with van der Waals surface area (Å²) < 4.78 is 11.7. The van der Waals surface area contributed by atoms with Gasteiger partial charge in [0, 0.05) is 24.7 Å². The Morgan fingerprint density at radius 3 is 2.74 bits per heavy atom. The van der Waals surface area contributed by atoms with Gasteiger partial charge in [0.05, 0.1) is 48.8 Å². The van der Waals surface area contributed by atoms with Crippen LogP contribution in [-0.2, 0) is 16.0 Å². The number of nitrogens with zero attached hydrogens (tertiary/aromatic N) is 2. The van der Waals surface area contributed by atoms with Gasteiger partial charge >= 0.3 is 0 Å². The van der Waals surface area contributed by atoms with Gasteiger partial charge in [-0.05, 0) is 42.7 Å². The van der Waals surface area contributed by atoms with E-state index < -0.39 is 29.1 Å². The summed E-state index contributed by atoms with van der Waals surface area (Å²) >= 11 is 0. The molecule has 9 heteroatoms. The Balaban J connectivity index is 1.52. The van der Waals surface area contributed by atoms with E-state index in [4.69, 9.17) is 20.2 Å². The molecule has 0 saturated heterocycles. The van der Waals surface area contributed by atoms with Gasteiger partial charge in [-0.25, -0.2) is 4.99 Å². The number of carbonyl (C=O) groups is 2. The largest absolute Gasteiger partial charge is 0.492 e. The van der Waals surface area contributed by atoms with E-state index in [0.717, 1.165) is 11.1 Å². The zero-order chi connectivity index (χ0) is 27.2. The Morgan fingerprint density at radius 1 is 1.26 bits per heavy atom. The topological polar surface area (TPSA) is 126 Å². The summed E-state index contributed by atoms with van der Waals surface area (Å²) in [5, 5.41) is 13.6. The zero-order valence-corrected chi connectivity index (χ0v) is 22.4. The van der Waals surface area contributed by atoms with Crippen molar-refractivity contribution >= 4 is 17.8 Å². The number of aliphatic hydroxyl groups excluding tert-OH is 1. The first-order chi connectivity index (χ1) is 18.1. The van der Waals surface area contributed by atoms with E-state index in [0.29, 0.717) is 42.9 Å². The van der Waals surface area contributed by atoms with E-state index in [1.807, 2.05) is 45.0 Å². The van der Waals surface area contributed by atoms with Crippen molar-refractivity contribution in [1.29, 1.82) is 0 Å². The van der Waals surface area contributed by atoms with Crippen LogP contribution in [0.15, 0.2) is 47.5 Å². The highest BCUT2D eigenvalue weighted by atomic mass is 16.5. The van der Waals surface area contributed by atoms with E-state index in [1.165, 1.54) is 0 Å². The minimum absolute atomic E-state index is 0.123. The Morgan fingerprint density at radius 2 is 2.03 bits per heavy atom. The molecule has 2 amide bonds. The molecule has 5 atom stereocenters.